The second-order valence-corrected chi connectivity index (χ2v) is 6.41. The molecule has 2 heterocycles. The highest BCUT2D eigenvalue weighted by molar-refractivity contribution is 6.30. The van der Waals surface area contributed by atoms with Crippen molar-refractivity contribution in [3.05, 3.63) is 41.2 Å². The summed E-state index contributed by atoms with van der Waals surface area (Å²) in [5, 5.41) is 8.18. The van der Waals surface area contributed by atoms with E-state index in [0.29, 0.717) is 11.6 Å². The van der Waals surface area contributed by atoms with E-state index in [-0.39, 0.29) is 18.0 Å². The van der Waals surface area contributed by atoms with Crippen molar-refractivity contribution in [1.82, 2.24) is 15.1 Å². The number of aromatic nitrogens is 2. The number of carbonyl (C=O) groups excluding carboxylic acids is 1. The van der Waals surface area contributed by atoms with Gasteiger partial charge in [-0.2, -0.15) is 5.10 Å². The van der Waals surface area contributed by atoms with E-state index >= 15 is 0 Å². The van der Waals surface area contributed by atoms with Crippen LogP contribution in [0.5, 0.6) is 5.75 Å². The number of anilines is 1. The number of benzene rings is 1. The molecular formula is C17H21ClN4O2. The third kappa shape index (κ3) is 3.25. The molecule has 1 amide bonds. The molecule has 2 aromatic rings. The summed E-state index contributed by atoms with van der Waals surface area (Å²) in [6.07, 6.45) is 4.31. The van der Waals surface area contributed by atoms with E-state index in [2.05, 4.69) is 10.4 Å². The summed E-state index contributed by atoms with van der Waals surface area (Å²) < 4.78 is 7.10. The van der Waals surface area contributed by atoms with Gasteiger partial charge in [-0.25, -0.2) is 0 Å². The Balaban J connectivity index is 1.72. The van der Waals surface area contributed by atoms with Crippen molar-refractivity contribution >= 4 is 23.2 Å². The van der Waals surface area contributed by atoms with Gasteiger partial charge >= 0.3 is 0 Å². The van der Waals surface area contributed by atoms with Crippen molar-refractivity contribution in [2.45, 2.75) is 25.4 Å². The zero-order chi connectivity index (χ0) is 17.3. The van der Waals surface area contributed by atoms with E-state index in [1.54, 1.807) is 29.0 Å². The maximum Gasteiger partial charge on any atom is 0.244 e. The predicted molar refractivity (Wildman–Crippen MR) is 93.5 cm³/mol. The molecule has 3 rings (SSSR count). The fourth-order valence-corrected chi connectivity index (χ4v) is 3.25. The minimum Gasteiger partial charge on any atom is -0.496 e. The molecule has 0 spiro atoms. The van der Waals surface area contributed by atoms with Crippen LogP contribution in [0.3, 0.4) is 0 Å². The van der Waals surface area contributed by atoms with E-state index in [4.69, 9.17) is 16.3 Å². The van der Waals surface area contributed by atoms with Crippen molar-refractivity contribution in [1.29, 1.82) is 0 Å². The van der Waals surface area contributed by atoms with Gasteiger partial charge in [0.25, 0.3) is 0 Å². The lowest BCUT2D eigenvalue weighted by Gasteiger charge is -2.21. The quantitative estimate of drug-likeness (QED) is 0.902. The molecule has 1 saturated heterocycles. The second kappa shape index (κ2) is 6.83. The molecular weight excluding hydrogens is 328 g/mol. The smallest absolute Gasteiger partial charge is 0.244 e. The van der Waals surface area contributed by atoms with Gasteiger partial charge < -0.3 is 9.64 Å². The van der Waals surface area contributed by atoms with Gasteiger partial charge in [-0.05, 0) is 31.5 Å². The number of hydrogen-bond acceptors (Lipinski definition) is 4. The first kappa shape index (κ1) is 16.8. The van der Waals surface area contributed by atoms with Gasteiger partial charge in [0.1, 0.15) is 5.75 Å². The van der Waals surface area contributed by atoms with Crippen LogP contribution in [0.2, 0.25) is 5.02 Å². The molecule has 1 aromatic heterocycles. The molecule has 128 valence electrons. The Hall–Kier alpha value is -2.05. The van der Waals surface area contributed by atoms with Gasteiger partial charge in [0.15, 0.2) is 0 Å². The molecule has 1 aliphatic rings. The van der Waals surface area contributed by atoms with E-state index in [0.717, 1.165) is 23.4 Å². The largest absolute Gasteiger partial charge is 0.496 e. The number of nitrogens with one attached hydrogen (secondary N) is 1. The Morgan fingerprint density at radius 3 is 2.92 bits per heavy atom. The first-order valence-electron chi connectivity index (χ1n) is 7.89. The fourth-order valence-electron chi connectivity index (χ4n) is 3.07. The molecule has 0 radical (unpaired) electrons. The maximum absolute atomic E-state index is 12.7. The molecule has 0 bridgehead atoms. The molecule has 24 heavy (non-hydrogen) atoms. The normalized spacial score (nSPS) is 18.9. The number of halogens is 1. The third-order valence-electron chi connectivity index (χ3n) is 4.32. The number of nitrogens with zero attached hydrogens (tertiary/aromatic N) is 3. The minimum absolute atomic E-state index is 0.0542. The molecule has 1 aromatic carbocycles. The lowest BCUT2D eigenvalue weighted by molar-refractivity contribution is -0.119. The number of carbonyl (C=O) groups is 1. The van der Waals surface area contributed by atoms with Crippen LogP contribution >= 0.6 is 11.6 Å². The summed E-state index contributed by atoms with van der Waals surface area (Å²) in [4.78, 5) is 14.4. The Bertz CT molecular complexity index is 746. The maximum atomic E-state index is 12.7. The summed E-state index contributed by atoms with van der Waals surface area (Å²) in [7, 11) is 3.47. The highest BCUT2D eigenvalue weighted by Crippen LogP contribution is 2.30. The lowest BCUT2D eigenvalue weighted by Crippen LogP contribution is -2.39. The molecule has 0 unspecified atom stereocenters. The van der Waals surface area contributed by atoms with E-state index in [9.17, 15) is 4.79 Å². The first-order valence-corrected chi connectivity index (χ1v) is 8.27. The average Bonchev–Trinajstić information content (AvgIpc) is 3.14. The minimum atomic E-state index is -0.233. The van der Waals surface area contributed by atoms with Crippen molar-refractivity contribution < 1.29 is 9.53 Å². The number of aryl methyl sites for hydroxylation is 1. The Morgan fingerprint density at radius 2 is 2.25 bits per heavy atom. The van der Waals surface area contributed by atoms with Crippen LogP contribution in [0.4, 0.5) is 5.69 Å². The van der Waals surface area contributed by atoms with Crippen LogP contribution in [0.1, 0.15) is 24.9 Å². The highest BCUT2D eigenvalue weighted by Gasteiger charge is 2.34. The van der Waals surface area contributed by atoms with E-state index in [1.807, 2.05) is 32.3 Å². The molecule has 6 nitrogen and oxygen atoms in total. The Kier molecular flexibility index (Phi) is 4.78. The lowest BCUT2D eigenvalue weighted by atomic mass is 10.1. The van der Waals surface area contributed by atoms with E-state index < -0.39 is 0 Å². The van der Waals surface area contributed by atoms with Gasteiger partial charge in [0.2, 0.25) is 5.91 Å². The third-order valence-corrected chi connectivity index (χ3v) is 4.55. The number of hydrogen-bond donors (Lipinski definition) is 1. The second-order valence-electron chi connectivity index (χ2n) is 5.98. The molecule has 2 atom stereocenters. The van der Waals surface area contributed by atoms with Gasteiger partial charge in [0.05, 0.1) is 25.0 Å². The van der Waals surface area contributed by atoms with Gasteiger partial charge in [-0.1, -0.05) is 11.6 Å². The standard InChI is InChI=1S/C17H21ClN4O2/c1-11(14-8-12(18)4-5-16(14)24-3)20-15-6-7-22(17(15)23)13-9-19-21(2)10-13/h4-5,8-11,15,20H,6-7H2,1-3H3/t11-,15-/m1/s1. The molecule has 1 fully saturated rings. The van der Waals surface area contributed by atoms with Gasteiger partial charge in [-0.15, -0.1) is 0 Å². The Labute approximate surface area is 146 Å². The summed E-state index contributed by atoms with van der Waals surface area (Å²) in [6.45, 7) is 2.69. The van der Waals surface area contributed by atoms with Crippen LogP contribution < -0.4 is 15.0 Å². The van der Waals surface area contributed by atoms with Gasteiger partial charge in [-0.3, -0.25) is 14.8 Å². The van der Waals surface area contributed by atoms with Crippen molar-refractivity contribution in [2.75, 3.05) is 18.6 Å². The molecule has 7 heteroatoms. The van der Waals surface area contributed by atoms with Crippen LogP contribution in [0.15, 0.2) is 30.6 Å². The SMILES string of the molecule is COc1ccc(Cl)cc1[C@@H](C)N[C@@H]1CCN(c2cnn(C)c2)C1=O. The van der Waals surface area contributed by atoms with E-state index in [1.165, 1.54) is 0 Å². The monoisotopic (exact) mass is 348 g/mol. The van der Waals surface area contributed by atoms with Gasteiger partial charge in [0, 0.05) is 36.4 Å². The van der Waals surface area contributed by atoms with Crippen LogP contribution in [-0.4, -0.2) is 35.4 Å². The van der Waals surface area contributed by atoms with Crippen LogP contribution in [0, 0.1) is 0 Å². The first-order chi connectivity index (χ1) is 11.5. The molecule has 0 saturated carbocycles. The molecule has 1 aliphatic heterocycles. The van der Waals surface area contributed by atoms with Crippen molar-refractivity contribution in [2.24, 2.45) is 7.05 Å². The topological polar surface area (TPSA) is 59.4 Å². The zero-order valence-electron chi connectivity index (χ0n) is 14.0. The summed E-state index contributed by atoms with van der Waals surface area (Å²) in [5.74, 6) is 0.824. The fraction of sp³-hybridized carbons (Fsp3) is 0.412. The van der Waals surface area contributed by atoms with Crippen LogP contribution in [-0.2, 0) is 11.8 Å². The number of rotatable bonds is 5. The number of ether oxygens (including phenoxy) is 1. The molecule has 1 N–H and O–H groups in total. The number of methoxy groups -OCH3 is 1. The number of amides is 1. The summed E-state index contributed by atoms with van der Waals surface area (Å²) in [5.41, 5.74) is 1.78. The molecule has 0 aliphatic carbocycles. The van der Waals surface area contributed by atoms with Crippen LogP contribution in [0.25, 0.3) is 0 Å². The van der Waals surface area contributed by atoms with Crippen molar-refractivity contribution in [3.8, 4) is 5.75 Å². The zero-order valence-corrected chi connectivity index (χ0v) is 14.7. The predicted octanol–water partition coefficient (Wildman–Crippen LogP) is 2.54. The highest BCUT2D eigenvalue weighted by atomic mass is 35.5. The van der Waals surface area contributed by atoms with Crippen molar-refractivity contribution in [3.63, 3.8) is 0 Å². The summed E-state index contributed by atoms with van der Waals surface area (Å²) >= 11 is 6.10. The average molecular weight is 349 g/mol. The summed E-state index contributed by atoms with van der Waals surface area (Å²) in [6, 6.07) is 5.22. The Morgan fingerprint density at radius 1 is 1.46 bits per heavy atom.